The maximum absolute atomic E-state index is 5.44. The molecule has 1 unspecified atom stereocenters. The van der Waals surface area contributed by atoms with Crippen molar-refractivity contribution in [3.63, 3.8) is 0 Å². The average Bonchev–Trinajstić information content (AvgIpc) is 2.81. The fourth-order valence-corrected chi connectivity index (χ4v) is 4.08. The summed E-state index contributed by atoms with van der Waals surface area (Å²) in [6.07, 6.45) is 2.28. The van der Waals surface area contributed by atoms with Crippen LogP contribution in [0.5, 0.6) is 0 Å². The Morgan fingerprint density at radius 3 is 2.86 bits per heavy atom. The molecule has 1 aliphatic rings. The number of likely N-dealkylation sites (N-methyl/N-ethyl adjacent to an activating group) is 1. The van der Waals surface area contributed by atoms with Gasteiger partial charge in [-0.05, 0) is 31.7 Å². The van der Waals surface area contributed by atoms with E-state index in [4.69, 9.17) is 9.72 Å². The first kappa shape index (κ1) is 16.7. The molecule has 4 nitrogen and oxygen atoms in total. The minimum atomic E-state index is 0.328. The van der Waals surface area contributed by atoms with Crippen LogP contribution in [-0.4, -0.2) is 38.3 Å². The lowest BCUT2D eigenvalue weighted by Crippen LogP contribution is -2.32. The fourth-order valence-electron chi connectivity index (χ4n) is 2.94. The van der Waals surface area contributed by atoms with E-state index in [1.165, 1.54) is 17.0 Å². The van der Waals surface area contributed by atoms with Crippen molar-refractivity contribution in [2.45, 2.75) is 46.6 Å². The summed E-state index contributed by atoms with van der Waals surface area (Å²) in [5, 5.41) is 4.75. The number of hydrogen-bond donors (Lipinski definition) is 1. The highest BCUT2D eigenvalue weighted by Gasteiger charge is 2.35. The van der Waals surface area contributed by atoms with Gasteiger partial charge in [0, 0.05) is 31.1 Å². The second kappa shape index (κ2) is 7.07. The number of aromatic nitrogens is 1. The normalized spacial score (nSPS) is 20.3. The molecule has 21 heavy (non-hydrogen) atoms. The maximum Gasteiger partial charge on any atom is 0.185 e. The highest BCUT2D eigenvalue weighted by atomic mass is 32.1. The molecule has 1 aromatic heterocycles. The highest BCUT2D eigenvalue weighted by Crippen LogP contribution is 2.44. The van der Waals surface area contributed by atoms with Gasteiger partial charge in [-0.3, -0.25) is 0 Å². The molecule has 5 heteroatoms. The number of fused-ring (bicyclic) bond motifs is 1. The van der Waals surface area contributed by atoms with E-state index in [0.717, 1.165) is 37.9 Å². The van der Waals surface area contributed by atoms with Crippen LogP contribution in [0.3, 0.4) is 0 Å². The lowest BCUT2D eigenvalue weighted by molar-refractivity contribution is 0.154. The second-order valence-corrected chi connectivity index (χ2v) is 7.59. The first-order valence-electron chi connectivity index (χ1n) is 7.98. The number of ether oxygens (including phenoxy) is 1. The van der Waals surface area contributed by atoms with Crippen LogP contribution in [0.25, 0.3) is 0 Å². The Bertz CT molecular complexity index is 458. The molecule has 1 aliphatic carbocycles. The van der Waals surface area contributed by atoms with Gasteiger partial charge >= 0.3 is 0 Å². The zero-order valence-electron chi connectivity index (χ0n) is 14.0. The number of rotatable bonds is 7. The average molecular weight is 311 g/mol. The minimum Gasteiger partial charge on any atom is -0.380 e. The molecule has 2 rings (SSSR count). The predicted molar refractivity (Wildman–Crippen MR) is 90.4 cm³/mol. The number of anilines is 1. The van der Waals surface area contributed by atoms with Crippen LogP contribution in [0, 0.1) is 5.41 Å². The number of nitrogens with one attached hydrogen (secondary N) is 1. The monoisotopic (exact) mass is 311 g/mol. The molecule has 0 radical (unpaired) electrons. The zero-order chi connectivity index (χ0) is 15.5. The molecule has 0 saturated heterocycles. The number of thiazole rings is 1. The topological polar surface area (TPSA) is 37.4 Å². The van der Waals surface area contributed by atoms with Crippen LogP contribution in [-0.2, 0) is 11.2 Å². The quantitative estimate of drug-likeness (QED) is 0.785. The smallest absolute Gasteiger partial charge is 0.185 e. The van der Waals surface area contributed by atoms with Crippen LogP contribution in [0.4, 0.5) is 5.13 Å². The van der Waals surface area contributed by atoms with Gasteiger partial charge in [0.1, 0.15) is 0 Å². The third-order valence-corrected chi connectivity index (χ3v) is 5.31. The van der Waals surface area contributed by atoms with Crippen LogP contribution < -0.4 is 10.2 Å². The van der Waals surface area contributed by atoms with Crippen LogP contribution in [0.2, 0.25) is 0 Å². The Labute approximate surface area is 132 Å². The van der Waals surface area contributed by atoms with Gasteiger partial charge in [-0.2, -0.15) is 0 Å². The molecule has 0 aliphatic heterocycles. The molecule has 0 fully saturated rings. The first-order valence-corrected chi connectivity index (χ1v) is 8.80. The molecule has 1 N–H and O–H groups in total. The molecule has 0 saturated carbocycles. The summed E-state index contributed by atoms with van der Waals surface area (Å²) in [5.41, 5.74) is 1.62. The van der Waals surface area contributed by atoms with E-state index in [1.54, 1.807) is 0 Å². The van der Waals surface area contributed by atoms with Crippen molar-refractivity contribution in [3.05, 3.63) is 10.6 Å². The summed E-state index contributed by atoms with van der Waals surface area (Å²) < 4.78 is 5.44. The predicted octanol–water partition coefficient (Wildman–Crippen LogP) is 3.24. The molecule has 0 amide bonds. The minimum absolute atomic E-state index is 0.328. The highest BCUT2D eigenvalue weighted by molar-refractivity contribution is 7.15. The maximum atomic E-state index is 5.44. The Kier molecular flexibility index (Phi) is 5.63. The molecular weight excluding hydrogens is 282 g/mol. The van der Waals surface area contributed by atoms with E-state index in [9.17, 15) is 0 Å². The Balaban J connectivity index is 2.14. The summed E-state index contributed by atoms with van der Waals surface area (Å²) in [6, 6.07) is 0.459. The third-order valence-electron chi connectivity index (χ3n) is 3.99. The lowest BCUT2D eigenvalue weighted by Gasteiger charge is -2.34. The van der Waals surface area contributed by atoms with Gasteiger partial charge < -0.3 is 15.0 Å². The molecule has 120 valence electrons. The Hall–Kier alpha value is -0.650. The molecular formula is C16H29N3OS. The molecule has 0 aromatic carbocycles. The van der Waals surface area contributed by atoms with Gasteiger partial charge in [-0.1, -0.05) is 32.1 Å². The summed E-state index contributed by atoms with van der Waals surface area (Å²) in [6.45, 7) is 12.3. The van der Waals surface area contributed by atoms with Gasteiger partial charge in [-0.25, -0.2) is 4.98 Å². The lowest BCUT2D eigenvalue weighted by atomic mass is 9.76. The molecule has 1 atom stereocenters. The van der Waals surface area contributed by atoms with Gasteiger partial charge in [0.05, 0.1) is 12.3 Å². The molecule has 1 heterocycles. The zero-order valence-corrected chi connectivity index (χ0v) is 14.8. The van der Waals surface area contributed by atoms with Gasteiger partial charge in [-0.15, -0.1) is 0 Å². The van der Waals surface area contributed by atoms with Crippen LogP contribution >= 0.6 is 11.3 Å². The summed E-state index contributed by atoms with van der Waals surface area (Å²) in [4.78, 5) is 8.56. The summed E-state index contributed by atoms with van der Waals surface area (Å²) >= 11 is 1.85. The SMILES string of the molecule is CCNC1CC(C)(C)Cc2nc(N(C)CCOCC)sc21. The molecule has 1 aromatic rings. The van der Waals surface area contributed by atoms with E-state index >= 15 is 0 Å². The van der Waals surface area contributed by atoms with Crippen molar-refractivity contribution < 1.29 is 4.74 Å². The van der Waals surface area contributed by atoms with E-state index in [-0.39, 0.29) is 0 Å². The van der Waals surface area contributed by atoms with Crippen LogP contribution in [0.15, 0.2) is 0 Å². The van der Waals surface area contributed by atoms with E-state index in [2.05, 4.69) is 38.0 Å². The number of nitrogens with zero attached hydrogens (tertiary/aromatic N) is 2. The van der Waals surface area contributed by atoms with E-state index < -0.39 is 0 Å². The summed E-state index contributed by atoms with van der Waals surface area (Å²) in [5.74, 6) is 0. The largest absolute Gasteiger partial charge is 0.380 e. The van der Waals surface area contributed by atoms with Crippen molar-refractivity contribution >= 4 is 16.5 Å². The standard InChI is InChI=1S/C16H29N3OS/c1-6-17-12-10-16(3,4)11-13-14(12)21-15(18-13)19(5)8-9-20-7-2/h12,17H,6-11H2,1-5H3. The van der Waals surface area contributed by atoms with Crippen molar-refractivity contribution in [2.24, 2.45) is 5.41 Å². The van der Waals surface area contributed by atoms with Gasteiger partial charge in [0.15, 0.2) is 5.13 Å². The summed E-state index contributed by atoms with van der Waals surface area (Å²) in [7, 11) is 2.11. The number of hydrogen-bond acceptors (Lipinski definition) is 5. The van der Waals surface area contributed by atoms with E-state index in [1.807, 2.05) is 18.3 Å². The second-order valence-electron chi connectivity index (χ2n) is 6.58. The van der Waals surface area contributed by atoms with Gasteiger partial charge in [0.25, 0.3) is 0 Å². The Morgan fingerprint density at radius 2 is 2.19 bits per heavy atom. The first-order chi connectivity index (χ1) is 9.96. The van der Waals surface area contributed by atoms with Crippen molar-refractivity contribution in [1.29, 1.82) is 0 Å². The van der Waals surface area contributed by atoms with Crippen molar-refractivity contribution in [1.82, 2.24) is 10.3 Å². The van der Waals surface area contributed by atoms with Crippen LogP contribution in [0.1, 0.15) is 50.7 Å². The van der Waals surface area contributed by atoms with Crippen molar-refractivity contribution in [3.8, 4) is 0 Å². The third kappa shape index (κ3) is 4.18. The van der Waals surface area contributed by atoms with E-state index in [0.29, 0.717) is 11.5 Å². The molecule has 0 spiro atoms. The van der Waals surface area contributed by atoms with Crippen molar-refractivity contribution in [2.75, 3.05) is 38.3 Å². The fraction of sp³-hybridized carbons (Fsp3) is 0.812. The molecule has 0 bridgehead atoms. The Morgan fingerprint density at radius 1 is 1.43 bits per heavy atom. The van der Waals surface area contributed by atoms with Gasteiger partial charge in [0.2, 0.25) is 0 Å².